The van der Waals surface area contributed by atoms with Crippen molar-refractivity contribution in [3.63, 3.8) is 0 Å². The molecule has 2 fully saturated rings. The van der Waals surface area contributed by atoms with Crippen LogP contribution < -0.4 is 4.74 Å². The van der Waals surface area contributed by atoms with Crippen LogP contribution in [0.2, 0.25) is 0 Å². The van der Waals surface area contributed by atoms with Crippen LogP contribution in [0.1, 0.15) is 91.4 Å². The number of carbonyl (C=O) groups excluding carboxylic acids is 1. The van der Waals surface area contributed by atoms with Crippen molar-refractivity contribution in [2.45, 2.75) is 103 Å². The molecule has 3 aliphatic heterocycles. The number of rotatable bonds is 4. The second-order valence-corrected chi connectivity index (χ2v) is 12.5. The maximum Gasteiger partial charge on any atom is 0.303 e. The first-order valence-electron chi connectivity index (χ1n) is 12.2. The quantitative estimate of drug-likeness (QED) is 0.681. The molecule has 0 saturated carbocycles. The predicted molar refractivity (Wildman–Crippen MR) is 126 cm³/mol. The molecule has 0 aliphatic carbocycles. The number of benzene rings is 1. The van der Waals surface area contributed by atoms with Gasteiger partial charge in [0, 0.05) is 24.4 Å². The van der Waals surface area contributed by atoms with Crippen molar-refractivity contribution >= 4 is 11.9 Å². The van der Waals surface area contributed by atoms with E-state index >= 15 is 0 Å². The molecule has 1 aromatic carbocycles. The Hall–Kier alpha value is -2.08. The minimum atomic E-state index is -0.870. The molecule has 4 atom stereocenters. The summed E-state index contributed by atoms with van der Waals surface area (Å²) in [4.78, 5) is 26.4. The van der Waals surface area contributed by atoms with Gasteiger partial charge in [-0.15, -0.1) is 0 Å². The van der Waals surface area contributed by atoms with E-state index in [0.717, 1.165) is 24.2 Å². The molecule has 0 spiro atoms. The fraction of sp³-hybridized carbons (Fsp3) is 0.704. The van der Waals surface area contributed by atoms with Crippen LogP contribution in [0.25, 0.3) is 0 Å². The number of nitrogens with zero attached hydrogens (tertiary/aromatic N) is 1. The van der Waals surface area contributed by atoms with Gasteiger partial charge in [0.25, 0.3) is 0 Å². The molecule has 3 aliphatic rings. The Kier molecular flexibility index (Phi) is 5.83. The number of carboxylic acid groups (broad SMARTS) is 1. The molecule has 0 bridgehead atoms. The van der Waals surface area contributed by atoms with Crippen molar-refractivity contribution in [2.24, 2.45) is 11.3 Å². The highest BCUT2D eigenvalue weighted by molar-refractivity contribution is 5.79. The second-order valence-electron chi connectivity index (χ2n) is 12.5. The molecule has 6 heteroatoms. The highest BCUT2D eigenvalue weighted by atomic mass is 16.5. The first kappa shape index (κ1) is 24.1. The average molecular weight is 458 g/mol. The maximum absolute atomic E-state index is 13.2. The van der Waals surface area contributed by atoms with Gasteiger partial charge in [0.2, 0.25) is 5.91 Å². The minimum Gasteiger partial charge on any atom is -0.487 e. The molecule has 3 heterocycles. The SMILES string of the molecule is CC(C)(CC(=O)O)CC(=O)N1CC[C@H]2O[C@H]3c4cc(C(C)(C)C)ccc4OC(C)(C)[C@@H]3C[C@H]21. The number of carboxylic acids is 1. The second kappa shape index (κ2) is 8.00. The van der Waals surface area contributed by atoms with Gasteiger partial charge in [-0.1, -0.05) is 40.7 Å². The Balaban J connectivity index is 1.58. The summed E-state index contributed by atoms with van der Waals surface area (Å²) in [5, 5.41) is 9.19. The number of fused-ring (bicyclic) bond motifs is 4. The van der Waals surface area contributed by atoms with Gasteiger partial charge in [-0.05, 0) is 55.2 Å². The number of amides is 1. The molecule has 4 rings (SSSR count). The standard InChI is InChI=1S/C27H39NO5/c1-25(2,3)16-8-9-20-17(12-16)24-18(27(6,7)33-20)13-19-21(32-24)10-11-28(19)22(29)14-26(4,5)15-23(30)31/h8-9,12,18-19,21,24H,10-11,13-15H2,1-7H3,(H,30,31)/t18-,19-,21-,24+/m1/s1. The van der Waals surface area contributed by atoms with Crippen molar-refractivity contribution in [2.75, 3.05) is 6.54 Å². The van der Waals surface area contributed by atoms with E-state index in [1.165, 1.54) is 5.56 Å². The largest absolute Gasteiger partial charge is 0.487 e. The normalized spacial score (nSPS) is 28.4. The van der Waals surface area contributed by atoms with E-state index in [1.807, 2.05) is 18.7 Å². The molecule has 2 saturated heterocycles. The predicted octanol–water partition coefficient (Wildman–Crippen LogP) is 5.09. The zero-order chi connectivity index (χ0) is 24.3. The van der Waals surface area contributed by atoms with Crippen LogP contribution >= 0.6 is 0 Å². The van der Waals surface area contributed by atoms with Gasteiger partial charge in [0.05, 0.1) is 24.7 Å². The average Bonchev–Trinajstić information content (AvgIpc) is 3.07. The molecule has 0 radical (unpaired) electrons. The molecule has 0 unspecified atom stereocenters. The first-order valence-corrected chi connectivity index (χ1v) is 12.2. The first-order chi connectivity index (χ1) is 15.2. The number of aliphatic carboxylic acids is 1. The molecule has 33 heavy (non-hydrogen) atoms. The van der Waals surface area contributed by atoms with E-state index in [9.17, 15) is 14.7 Å². The van der Waals surface area contributed by atoms with Gasteiger partial charge in [-0.3, -0.25) is 9.59 Å². The Labute approximate surface area is 197 Å². The van der Waals surface area contributed by atoms with E-state index in [4.69, 9.17) is 9.47 Å². The topological polar surface area (TPSA) is 76.1 Å². The summed E-state index contributed by atoms with van der Waals surface area (Å²) >= 11 is 0. The Morgan fingerprint density at radius 3 is 2.48 bits per heavy atom. The van der Waals surface area contributed by atoms with E-state index in [0.29, 0.717) is 6.54 Å². The number of hydrogen-bond donors (Lipinski definition) is 1. The third-order valence-electron chi connectivity index (χ3n) is 7.69. The Morgan fingerprint density at radius 1 is 1.15 bits per heavy atom. The monoisotopic (exact) mass is 457 g/mol. The van der Waals surface area contributed by atoms with Gasteiger partial charge in [0.15, 0.2) is 0 Å². The number of likely N-dealkylation sites (tertiary alicyclic amines) is 1. The highest BCUT2D eigenvalue weighted by Gasteiger charge is 2.54. The Morgan fingerprint density at radius 2 is 1.85 bits per heavy atom. The summed E-state index contributed by atoms with van der Waals surface area (Å²) in [5.74, 6) is 0.182. The van der Waals surface area contributed by atoms with Gasteiger partial charge >= 0.3 is 5.97 Å². The molecule has 1 amide bonds. The summed E-state index contributed by atoms with van der Waals surface area (Å²) in [6.45, 7) is 15.2. The fourth-order valence-electron chi connectivity index (χ4n) is 5.85. The van der Waals surface area contributed by atoms with E-state index in [-0.39, 0.29) is 48.3 Å². The maximum atomic E-state index is 13.2. The number of ether oxygens (including phenoxy) is 2. The third kappa shape index (κ3) is 4.64. The van der Waals surface area contributed by atoms with Crippen LogP contribution in [0.5, 0.6) is 5.75 Å². The van der Waals surface area contributed by atoms with Crippen LogP contribution in [0, 0.1) is 11.3 Å². The third-order valence-corrected chi connectivity index (χ3v) is 7.69. The van der Waals surface area contributed by atoms with E-state index in [2.05, 4.69) is 52.8 Å². The summed E-state index contributed by atoms with van der Waals surface area (Å²) < 4.78 is 13.2. The summed E-state index contributed by atoms with van der Waals surface area (Å²) in [6.07, 6.45) is 1.80. The minimum absolute atomic E-state index is 0.00201. The van der Waals surface area contributed by atoms with Crippen molar-refractivity contribution in [1.29, 1.82) is 0 Å². The van der Waals surface area contributed by atoms with Gasteiger partial charge in [-0.25, -0.2) is 0 Å². The lowest BCUT2D eigenvalue weighted by Crippen LogP contribution is -2.54. The van der Waals surface area contributed by atoms with Gasteiger partial charge < -0.3 is 19.5 Å². The smallest absolute Gasteiger partial charge is 0.303 e. The van der Waals surface area contributed by atoms with Crippen LogP contribution in [-0.4, -0.2) is 46.2 Å². The zero-order valence-electron chi connectivity index (χ0n) is 21.1. The summed E-state index contributed by atoms with van der Waals surface area (Å²) in [7, 11) is 0. The van der Waals surface area contributed by atoms with Crippen LogP contribution in [-0.2, 0) is 19.7 Å². The number of hydrogen-bond acceptors (Lipinski definition) is 4. The Bertz CT molecular complexity index is 944. The molecule has 6 nitrogen and oxygen atoms in total. The number of carbonyl (C=O) groups is 2. The van der Waals surface area contributed by atoms with Crippen LogP contribution in [0.3, 0.4) is 0 Å². The fourth-order valence-corrected chi connectivity index (χ4v) is 5.85. The summed E-state index contributed by atoms with van der Waals surface area (Å²) in [6, 6.07) is 6.48. The van der Waals surface area contributed by atoms with Crippen LogP contribution in [0.15, 0.2) is 18.2 Å². The van der Waals surface area contributed by atoms with Gasteiger partial charge in [-0.2, -0.15) is 0 Å². The molecular formula is C27H39NO5. The molecule has 182 valence electrons. The lowest BCUT2D eigenvalue weighted by Gasteiger charge is -2.51. The van der Waals surface area contributed by atoms with E-state index < -0.39 is 17.0 Å². The van der Waals surface area contributed by atoms with Gasteiger partial charge in [0.1, 0.15) is 11.4 Å². The zero-order valence-corrected chi connectivity index (χ0v) is 21.1. The lowest BCUT2D eigenvalue weighted by molar-refractivity contribution is -0.168. The molecular weight excluding hydrogens is 418 g/mol. The van der Waals surface area contributed by atoms with Crippen molar-refractivity contribution in [1.82, 2.24) is 4.90 Å². The van der Waals surface area contributed by atoms with E-state index in [1.54, 1.807) is 0 Å². The molecule has 0 aromatic heterocycles. The highest BCUT2D eigenvalue weighted by Crippen LogP contribution is 2.53. The summed E-state index contributed by atoms with van der Waals surface area (Å²) in [5.41, 5.74) is 1.43. The van der Waals surface area contributed by atoms with Crippen molar-refractivity contribution < 1.29 is 24.2 Å². The van der Waals surface area contributed by atoms with Crippen molar-refractivity contribution in [3.8, 4) is 5.75 Å². The molecule has 1 N–H and O–H groups in total. The van der Waals surface area contributed by atoms with Crippen molar-refractivity contribution in [3.05, 3.63) is 29.3 Å². The lowest BCUT2D eigenvalue weighted by atomic mass is 9.73. The molecule has 1 aromatic rings. The van der Waals surface area contributed by atoms with Crippen LogP contribution in [0.4, 0.5) is 0 Å².